The van der Waals surface area contributed by atoms with Gasteiger partial charge in [-0.15, -0.1) is 0 Å². The predicted octanol–water partition coefficient (Wildman–Crippen LogP) is 1.27. The number of aromatic nitrogens is 2. The van der Waals surface area contributed by atoms with Crippen molar-refractivity contribution in [1.29, 1.82) is 0 Å². The average Bonchev–Trinajstić information content (AvgIpc) is 1.82. The first-order valence-corrected chi connectivity index (χ1v) is 3.84. The van der Waals surface area contributed by atoms with Crippen molar-refractivity contribution in [3.8, 4) is 0 Å². The standard InChI is InChI=1S/C8H14N4/c1-8(2,3)12-6-4-5-10-7(9)11-6/h4-5H,1-3H3,(H3,9,10,11,12). The van der Waals surface area contributed by atoms with E-state index in [0.29, 0.717) is 5.95 Å². The minimum absolute atomic E-state index is 0.000787. The van der Waals surface area contributed by atoms with E-state index >= 15 is 0 Å². The van der Waals surface area contributed by atoms with E-state index in [1.165, 1.54) is 0 Å². The molecular weight excluding hydrogens is 152 g/mol. The third kappa shape index (κ3) is 2.74. The van der Waals surface area contributed by atoms with E-state index in [1.807, 2.05) is 0 Å². The van der Waals surface area contributed by atoms with Crippen molar-refractivity contribution >= 4 is 11.8 Å². The Kier molecular flexibility index (Phi) is 2.17. The van der Waals surface area contributed by atoms with E-state index in [4.69, 9.17) is 5.73 Å². The van der Waals surface area contributed by atoms with Gasteiger partial charge in [-0.05, 0) is 26.8 Å². The van der Waals surface area contributed by atoms with Gasteiger partial charge in [-0.3, -0.25) is 0 Å². The van der Waals surface area contributed by atoms with E-state index in [0.717, 1.165) is 5.82 Å². The fraction of sp³-hybridized carbons (Fsp3) is 0.500. The normalized spacial score (nSPS) is 11.2. The Hall–Kier alpha value is -1.32. The summed E-state index contributed by atoms with van der Waals surface area (Å²) in [6.45, 7) is 6.18. The maximum atomic E-state index is 5.42. The van der Waals surface area contributed by atoms with Gasteiger partial charge in [-0.2, -0.15) is 4.98 Å². The summed E-state index contributed by atoms with van der Waals surface area (Å²) in [5, 5.41) is 3.19. The molecule has 0 aliphatic rings. The molecule has 0 saturated carbocycles. The summed E-state index contributed by atoms with van der Waals surface area (Å²) in [5.41, 5.74) is 5.42. The molecule has 0 aromatic carbocycles. The lowest BCUT2D eigenvalue weighted by molar-refractivity contribution is 0.630. The maximum absolute atomic E-state index is 5.42. The zero-order chi connectivity index (χ0) is 9.19. The van der Waals surface area contributed by atoms with Crippen LogP contribution in [-0.4, -0.2) is 15.5 Å². The van der Waals surface area contributed by atoms with Crippen LogP contribution in [0.25, 0.3) is 0 Å². The minimum atomic E-state index is 0.000787. The van der Waals surface area contributed by atoms with Crippen LogP contribution in [0.4, 0.5) is 11.8 Å². The highest BCUT2D eigenvalue weighted by molar-refractivity contribution is 5.39. The van der Waals surface area contributed by atoms with Gasteiger partial charge < -0.3 is 11.1 Å². The van der Waals surface area contributed by atoms with E-state index in [2.05, 4.69) is 36.1 Å². The molecule has 0 bridgehead atoms. The Morgan fingerprint density at radius 1 is 1.42 bits per heavy atom. The van der Waals surface area contributed by atoms with Crippen molar-refractivity contribution < 1.29 is 0 Å². The van der Waals surface area contributed by atoms with Crippen LogP contribution in [0.2, 0.25) is 0 Å². The van der Waals surface area contributed by atoms with Crippen LogP contribution >= 0.6 is 0 Å². The summed E-state index contributed by atoms with van der Waals surface area (Å²) in [6, 6.07) is 1.79. The van der Waals surface area contributed by atoms with Gasteiger partial charge in [0.05, 0.1) is 0 Å². The third-order valence-electron chi connectivity index (χ3n) is 1.18. The van der Waals surface area contributed by atoms with Crippen molar-refractivity contribution in [3.05, 3.63) is 12.3 Å². The summed E-state index contributed by atoms with van der Waals surface area (Å²) in [5.74, 6) is 1.05. The number of hydrogen-bond acceptors (Lipinski definition) is 4. The van der Waals surface area contributed by atoms with Crippen LogP contribution in [0.5, 0.6) is 0 Å². The van der Waals surface area contributed by atoms with Gasteiger partial charge in [-0.1, -0.05) is 0 Å². The second-order valence-corrected chi connectivity index (χ2v) is 3.68. The van der Waals surface area contributed by atoms with E-state index < -0.39 is 0 Å². The molecular formula is C8H14N4. The van der Waals surface area contributed by atoms with Crippen molar-refractivity contribution in [2.75, 3.05) is 11.1 Å². The van der Waals surface area contributed by atoms with Crippen molar-refractivity contribution in [3.63, 3.8) is 0 Å². The summed E-state index contributed by atoms with van der Waals surface area (Å²) in [6.07, 6.45) is 1.64. The molecule has 66 valence electrons. The van der Waals surface area contributed by atoms with Crippen molar-refractivity contribution in [1.82, 2.24) is 9.97 Å². The van der Waals surface area contributed by atoms with Gasteiger partial charge in [0.2, 0.25) is 5.95 Å². The molecule has 0 aliphatic carbocycles. The highest BCUT2D eigenvalue weighted by Gasteiger charge is 2.09. The first-order valence-electron chi connectivity index (χ1n) is 3.84. The SMILES string of the molecule is CC(C)(C)Nc1ccnc(N)n1. The molecule has 0 radical (unpaired) electrons. The Balaban J connectivity index is 2.77. The minimum Gasteiger partial charge on any atom is -0.368 e. The molecule has 0 fully saturated rings. The van der Waals surface area contributed by atoms with Gasteiger partial charge in [0.25, 0.3) is 0 Å². The van der Waals surface area contributed by atoms with E-state index in [1.54, 1.807) is 12.3 Å². The summed E-state index contributed by atoms with van der Waals surface area (Å²) < 4.78 is 0. The molecule has 1 aromatic rings. The highest BCUT2D eigenvalue weighted by atomic mass is 15.1. The first-order chi connectivity index (χ1) is 5.47. The molecule has 4 heteroatoms. The zero-order valence-electron chi connectivity index (χ0n) is 7.63. The van der Waals surface area contributed by atoms with Crippen LogP contribution in [0, 0.1) is 0 Å². The molecule has 0 unspecified atom stereocenters. The Labute approximate surface area is 72.2 Å². The largest absolute Gasteiger partial charge is 0.368 e. The van der Waals surface area contributed by atoms with Gasteiger partial charge >= 0.3 is 0 Å². The Bertz CT molecular complexity index is 264. The van der Waals surface area contributed by atoms with Gasteiger partial charge in [0, 0.05) is 11.7 Å². The maximum Gasteiger partial charge on any atom is 0.221 e. The summed E-state index contributed by atoms with van der Waals surface area (Å²) >= 11 is 0. The lowest BCUT2D eigenvalue weighted by Gasteiger charge is -2.20. The number of anilines is 2. The van der Waals surface area contributed by atoms with Crippen molar-refractivity contribution in [2.45, 2.75) is 26.3 Å². The molecule has 3 N–H and O–H groups in total. The Morgan fingerprint density at radius 2 is 2.08 bits per heavy atom. The molecule has 1 aromatic heterocycles. The number of nitrogens with zero attached hydrogens (tertiary/aromatic N) is 2. The molecule has 4 nitrogen and oxygen atoms in total. The monoisotopic (exact) mass is 166 g/mol. The fourth-order valence-corrected chi connectivity index (χ4v) is 0.828. The molecule has 0 spiro atoms. The number of nitrogen functional groups attached to an aromatic ring is 1. The van der Waals surface area contributed by atoms with Gasteiger partial charge in [-0.25, -0.2) is 4.98 Å². The second kappa shape index (κ2) is 2.97. The van der Waals surface area contributed by atoms with Gasteiger partial charge in [0.15, 0.2) is 0 Å². The number of hydrogen-bond donors (Lipinski definition) is 2. The summed E-state index contributed by atoms with van der Waals surface area (Å²) in [4.78, 5) is 7.81. The predicted molar refractivity (Wildman–Crippen MR) is 49.8 cm³/mol. The van der Waals surface area contributed by atoms with E-state index in [-0.39, 0.29) is 5.54 Å². The van der Waals surface area contributed by atoms with Crippen LogP contribution < -0.4 is 11.1 Å². The van der Waals surface area contributed by atoms with Crippen LogP contribution in [-0.2, 0) is 0 Å². The summed E-state index contributed by atoms with van der Waals surface area (Å²) in [7, 11) is 0. The average molecular weight is 166 g/mol. The van der Waals surface area contributed by atoms with Crippen molar-refractivity contribution in [2.24, 2.45) is 0 Å². The lowest BCUT2D eigenvalue weighted by Crippen LogP contribution is -2.26. The number of rotatable bonds is 1. The fourth-order valence-electron chi connectivity index (χ4n) is 0.828. The number of nitrogens with two attached hydrogens (primary N) is 1. The van der Waals surface area contributed by atoms with Crippen LogP contribution in [0.1, 0.15) is 20.8 Å². The molecule has 1 rings (SSSR count). The smallest absolute Gasteiger partial charge is 0.221 e. The zero-order valence-corrected chi connectivity index (χ0v) is 7.63. The van der Waals surface area contributed by atoms with E-state index in [9.17, 15) is 0 Å². The lowest BCUT2D eigenvalue weighted by atomic mass is 10.1. The quantitative estimate of drug-likeness (QED) is 0.659. The molecule has 12 heavy (non-hydrogen) atoms. The molecule has 0 amide bonds. The van der Waals surface area contributed by atoms with Gasteiger partial charge in [0.1, 0.15) is 5.82 Å². The van der Waals surface area contributed by atoms with Crippen LogP contribution in [0.3, 0.4) is 0 Å². The second-order valence-electron chi connectivity index (χ2n) is 3.68. The molecule has 1 heterocycles. The highest BCUT2D eigenvalue weighted by Crippen LogP contribution is 2.11. The first kappa shape index (κ1) is 8.77. The third-order valence-corrected chi connectivity index (χ3v) is 1.18. The molecule has 0 saturated heterocycles. The molecule has 0 atom stereocenters. The number of nitrogens with one attached hydrogen (secondary N) is 1. The van der Waals surface area contributed by atoms with Crippen LogP contribution in [0.15, 0.2) is 12.3 Å². The topological polar surface area (TPSA) is 63.8 Å². The Morgan fingerprint density at radius 3 is 2.58 bits per heavy atom. The molecule has 0 aliphatic heterocycles.